The van der Waals surface area contributed by atoms with Crippen LogP contribution in [0.15, 0.2) is 23.1 Å². The van der Waals surface area contributed by atoms with Crippen LogP contribution in [0.5, 0.6) is 0 Å². The lowest BCUT2D eigenvalue weighted by atomic mass is 9.49. The number of carbonyl (C=O) groups excluding carboxylic acids is 1. The maximum atomic E-state index is 12.8. The molecule has 5 heteroatoms. The van der Waals surface area contributed by atoms with Crippen molar-refractivity contribution in [3.63, 3.8) is 0 Å². The van der Waals surface area contributed by atoms with Crippen LogP contribution in [0, 0.1) is 23.2 Å². The van der Waals surface area contributed by atoms with Crippen molar-refractivity contribution in [2.75, 3.05) is 6.54 Å². The minimum Gasteiger partial charge on any atom is -0.356 e. The molecule has 1 N–H and O–H groups in total. The number of hydrogen-bond acceptors (Lipinski definition) is 2. The van der Waals surface area contributed by atoms with Gasteiger partial charge in [-0.1, -0.05) is 11.6 Å². The zero-order chi connectivity index (χ0) is 16.7. The Bertz CT molecular complexity index is 662. The van der Waals surface area contributed by atoms with Gasteiger partial charge in [-0.2, -0.15) is 0 Å². The Morgan fingerprint density at radius 2 is 1.79 bits per heavy atom. The zero-order valence-corrected chi connectivity index (χ0v) is 14.7. The lowest BCUT2D eigenvalue weighted by Crippen LogP contribution is -2.53. The molecule has 0 unspecified atom stereocenters. The van der Waals surface area contributed by atoms with E-state index in [2.05, 4.69) is 5.32 Å². The highest BCUT2D eigenvalue weighted by molar-refractivity contribution is 6.30. The molecule has 4 aliphatic carbocycles. The smallest absolute Gasteiger partial charge is 0.250 e. The Hall–Kier alpha value is -1.29. The minimum atomic E-state index is -0.0817. The molecule has 4 bridgehead atoms. The van der Waals surface area contributed by atoms with Crippen LogP contribution in [0.3, 0.4) is 0 Å². The van der Waals surface area contributed by atoms with E-state index in [1.54, 1.807) is 16.8 Å². The molecule has 0 spiro atoms. The van der Waals surface area contributed by atoms with E-state index in [0.29, 0.717) is 18.1 Å². The van der Waals surface area contributed by atoms with E-state index in [9.17, 15) is 9.59 Å². The normalized spacial score (nSPS) is 33.6. The fourth-order valence-electron chi connectivity index (χ4n) is 5.70. The monoisotopic (exact) mass is 348 g/mol. The summed E-state index contributed by atoms with van der Waals surface area (Å²) in [5.41, 5.74) is -0.131. The van der Waals surface area contributed by atoms with Crippen LogP contribution >= 0.6 is 11.6 Å². The van der Waals surface area contributed by atoms with Crippen molar-refractivity contribution in [3.05, 3.63) is 33.7 Å². The van der Waals surface area contributed by atoms with Crippen molar-refractivity contribution >= 4 is 17.5 Å². The molecule has 0 radical (unpaired) electrons. The van der Waals surface area contributed by atoms with Gasteiger partial charge in [-0.3, -0.25) is 9.59 Å². The van der Waals surface area contributed by atoms with Gasteiger partial charge in [-0.15, -0.1) is 0 Å². The molecular weight excluding hydrogens is 324 g/mol. The average molecular weight is 349 g/mol. The number of halogens is 1. The van der Waals surface area contributed by atoms with Crippen molar-refractivity contribution in [3.8, 4) is 0 Å². The number of aromatic nitrogens is 1. The molecule has 0 saturated heterocycles. The van der Waals surface area contributed by atoms with Gasteiger partial charge in [0.05, 0.1) is 5.02 Å². The molecule has 0 aromatic carbocycles. The van der Waals surface area contributed by atoms with Gasteiger partial charge in [0.25, 0.3) is 5.56 Å². The van der Waals surface area contributed by atoms with E-state index in [1.165, 1.54) is 25.3 Å². The SMILES string of the molecule is O=C(NCCCn1cc(Cl)ccc1=O)C12CC3CC(CC(C3)C1)C2. The van der Waals surface area contributed by atoms with E-state index in [-0.39, 0.29) is 16.9 Å². The third kappa shape index (κ3) is 3.01. The Morgan fingerprint density at radius 3 is 2.42 bits per heavy atom. The van der Waals surface area contributed by atoms with Gasteiger partial charge >= 0.3 is 0 Å². The van der Waals surface area contributed by atoms with Crippen molar-refractivity contribution < 1.29 is 4.79 Å². The summed E-state index contributed by atoms with van der Waals surface area (Å²) in [6, 6.07) is 3.09. The molecule has 1 aromatic rings. The summed E-state index contributed by atoms with van der Waals surface area (Å²) in [6.45, 7) is 1.21. The van der Waals surface area contributed by atoms with Crippen LogP contribution < -0.4 is 10.9 Å². The maximum Gasteiger partial charge on any atom is 0.250 e. The summed E-state index contributed by atoms with van der Waals surface area (Å²) < 4.78 is 1.61. The van der Waals surface area contributed by atoms with Gasteiger partial charge in [0.15, 0.2) is 0 Å². The van der Waals surface area contributed by atoms with E-state index in [1.807, 2.05) is 0 Å². The second-order valence-corrected chi connectivity index (χ2v) is 8.62. The molecule has 5 rings (SSSR count). The summed E-state index contributed by atoms with van der Waals surface area (Å²) in [4.78, 5) is 24.6. The molecular formula is C19H25ClN2O2. The second-order valence-electron chi connectivity index (χ2n) is 8.19. The van der Waals surface area contributed by atoms with E-state index >= 15 is 0 Å². The predicted molar refractivity (Wildman–Crippen MR) is 93.9 cm³/mol. The van der Waals surface area contributed by atoms with Gasteiger partial charge in [0.2, 0.25) is 5.91 Å². The second kappa shape index (κ2) is 6.21. The summed E-state index contributed by atoms with van der Waals surface area (Å²) in [6.07, 6.45) is 9.75. The average Bonchev–Trinajstić information content (AvgIpc) is 2.53. The highest BCUT2D eigenvalue weighted by atomic mass is 35.5. The minimum absolute atomic E-state index is 0.0492. The lowest BCUT2D eigenvalue weighted by molar-refractivity contribution is -0.146. The number of pyridine rings is 1. The largest absolute Gasteiger partial charge is 0.356 e. The first-order chi connectivity index (χ1) is 11.5. The highest BCUT2D eigenvalue weighted by Gasteiger charge is 2.54. The highest BCUT2D eigenvalue weighted by Crippen LogP contribution is 2.60. The first-order valence-electron chi connectivity index (χ1n) is 9.18. The molecule has 0 atom stereocenters. The molecule has 4 saturated carbocycles. The Kier molecular flexibility index (Phi) is 4.19. The number of nitrogens with zero attached hydrogens (tertiary/aromatic N) is 1. The first kappa shape index (κ1) is 16.2. The third-order valence-electron chi connectivity index (χ3n) is 6.33. The zero-order valence-electron chi connectivity index (χ0n) is 14.0. The standard InChI is InChI=1S/C19H25ClN2O2/c20-16-2-3-17(23)22(12-16)5-1-4-21-18(24)19-9-13-6-14(10-19)8-15(7-13)11-19/h2-3,12-15H,1,4-11H2,(H,21,24). The van der Waals surface area contributed by atoms with E-state index in [4.69, 9.17) is 11.6 Å². The third-order valence-corrected chi connectivity index (χ3v) is 6.55. The molecule has 1 aromatic heterocycles. The molecule has 4 nitrogen and oxygen atoms in total. The van der Waals surface area contributed by atoms with Crippen LogP contribution in [-0.2, 0) is 11.3 Å². The molecule has 24 heavy (non-hydrogen) atoms. The van der Waals surface area contributed by atoms with E-state index in [0.717, 1.165) is 43.4 Å². The summed E-state index contributed by atoms with van der Waals surface area (Å²) >= 11 is 5.93. The van der Waals surface area contributed by atoms with Crippen LogP contribution in [0.4, 0.5) is 0 Å². The van der Waals surface area contributed by atoms with Crippen LogP contribution in [0.2, 0.25) is 5.02 Å². The number of nitrogens with one attached hydrogen (secondary N) is 1. The summed E-state index contributed by atoms with van der Waals surface area (Å²) in [5, 5.41) is 3.72. The number of aryl methyl sites for hydroxylation is 1. The van der Waals surface area contributed by atoms with Gasteiger partial charge in [-0.25, -0.2) is 0 Å². The molecule has 130 valence electrons. The summed E-state index contributed by atoms with van der Waals surface area (Å²) in [5.74, 6) is 2.62. The first-order valence-corrected chi connectivity index (χ1v) is 9.56. The van der Waals surface area contributed by atoms with Gasteiger partial charge < -0.3 is 9.88 Å². The van der Waals surface area contributed by atoms with Crippen LogP contribution in [0.1, 0.15) is 44.9 Å². The van der Waals surface area contributed by atoms with E-state index < -0.39 is 0 Å². The maximum absolute atomic E-state index is 12.8. The molecule has 1 heterocycles. The van der Waals surface area contributed by atoms with Crippen LogP contribution in [-0.4, -0.2) is 17.0 Å². The Labute approximate surface area is 147 Å². The Morgan fingerprint density at radius 1 is 1.17 bits per heavy atom. The molecule has 4 fully saturated rings. The predicted octanol–water partition coefficient (Wildman–Crippen LogP) is 3.22. The topological polar surface area (TPSA) is 51.1 Å². The number of hydrogen-bond donors (Lipinski definition) is 1. The van der Waals surface area contributed by atoms with Crippen LogP contribution in [0.25, 0.3) is 0 Å². The van der Waals surface area contributed by atoms with Gasteiger partial charge in [0.1, 0.15) is 0 Å². The molecule has 0 aliphatic heterocycles. The fraction of sp³-hybridized carbons (Fsp3) is 0.684. The van der Waals surface area contributed by atoms with Crippen molar-refractivity contribution in [2.45, 2.75) is 51.5 Å². The van der Waals surface area contributed by atoms with Crippen molar-refractivity contribution in [2.24, 2.45) is 23.2 Å². The Balaban J connectivity index is 1.31. The quantitative estimate of drug-likeness (QED) is 0.830. The fourth-order valence-corrected chi connectivity index (χ4v) is 5.89. The number of rotatable bonds is 5. The van der Waals surface area contributed by atoms with Crippen molar-refractivity contribution in [1.82, 2.24) is 9.88 Å². The summed E-state index contributed by atoms with van der Waals surface area (Å²) in [7, 11) is 0. The number of amides is 1. The van der Waals surface area contributed by atoms with Gasteiger partial charge in [0, 0.05) is 30.8 Å². The molecule has 4 aliphatic rings. The van der Waals surface area contributed by atoms with Crippen molar-refractivity contribution in [1.29, 1.82) is 0 Å². The lowest BCUT2D eigenvalue weighted by Gasteiger charge is -2.55. The number of carbonyl (C=O) groups is 1. The molecule has 1 amide bonds. The van der Waals surface area contributed by atoms with Gasteiger partial charge in [-0.05, 0) is 68.8 Å².